The number of nitro benzene ring substituents is 1. The number of nitro groups is 1. The maximum absolute atomic E-state index is 12.2. The summed E-state index contributed by atoms with van der Waals surface area (Å²) in [5.41, 5.74) is -0.0256. The smallest absolute Gasteiger partial charge is 0.306 e. The van der Waals surface area contributed by atoms with E-state index < -0.39 is 22.9 Å². The number of rotatable bonds is 7. The highest BCUT2D eigenvalue weighted by atomic mass is 16.6. The first-order valence-corrected chi connectivity index (χ1v) is 8.23. The maximum Gasteiger partial charge on any atom is 0.306 e. The molecule has 8 nitrogen and oxygen atoms in total. The molecule has 2 rings (SSSR count). The lowest BCUT2D eigenvalue weighted by atomic mass is 10.0. The molecule has 1 saturated carbocycles. The van der Waals surface area contributed by atoms with Crippen LogP contribution in [0.1, 0.15) is 39.0 Å². The minimum atomic E-state index is -1.00. The van der Waals surface area contributed by atoms with Crippen molar-refractivity contribution in [2.75, 3.05) is 12.4 Å². The molecular formula is C17H22N2O6. The normalized spacial score (nSPS) is 15.4. The van der Waals surface area contributed by atoms with E-state index in [1.165, 1.54) is 32.2 Å². The molecule has 1 aromatic carbocycles. The second kappa shape index (κ2) is 8.46. The lowest BCUT2D eigenvalue weighted by Gasteiger charge is -2.16. The number of nitrogens with one attached hydrogen (secondary N) is 1. The topological polar surface area (TPSA) is 108 Å². The van der Waals surface area contributed by atoms with Crippen LogP contribution in [0.3, 0.4) is 0 Å². The molecular weight excluding hydrogens is 328 g/mol. The Labute approximate surface area is 145 Å². The average molecular weight is 350 g/mol. The van der Waals surface area contributed by atoms with Gasteiger partial charge in [0.1, 0.15) is 5.75 Å². The molecule has 1 fully saturated rings. The van der Waals surface area contributed by atoms with E-state index in [4.69, 9.17) is 9.47 Å². The first kappa shape index (κ1) is 18.7. The quantitative estimate of drug-likeness (QED) is 0.460. The predicted molar refractivity (Wildman–Crippen MR) is 90.4 cm³/mol. The number of methoxy groups -OCH3 is 1. The molecule has 8 heteroatoms. The Kier molecular flexibility index (Phi) is 6.32. The molecule has 1 atom stereocenters. The van der Waals surface area contributed by atoms with Crippen LogP contribution in [0.5, 0.6) is 5.75 Å². The van der Waals surface area contributed by atoms with Gasteiger partial charge in [0.25, 0.3) is 11.6 Å². The van der Waals surface area contributed by atoms with Crippen molar-refractivity contribution in [3.8, 4) is 5.75 Å². The number of nitrogens with zero attached hydrogens (tertiary/aromatic N) is 1. The molecule has 0 aliphatic heterocycles. The summed E-state index contributed by atoms with van der Waals surface area (Å²) in [6.07, 6.45) is 3.60. The van der Waals surface area contributed by atoms with Crippen LogP contribution < -0.4 is 10.1 Å². The van der Waals surface area contributed by atoms with E-state index >= 15 is 0 Å². The third-order valence-corrected chi connectivity index (χ3v) is 4.26. The average Bonchev–Trinajstić information content (AvgIpc) is 3.07. The molecule has 1 aliphatic rings. The van der Waals surface area contributed by atoms with E-state index in [1.54, 1.807) is 0 Å². The minimum Gasteiger partial charge on any atom is -0.495 e. The zero-order valence-corrected chi connectivity index (χ0v) is 14.3. The van der Waals surface area contributed by atoms with Gasteiger partial charge in [0.2, 0.25) is 0 Å². The van der Waals surface area contributed by atoms with Gasteiger partial charge in [-0.15, -0.1) is 0 Å². The van der Waals surface area contributed by atoms with Crippen molar-refractivity contribution >= 4 is 23.3 Å². The molecule has 1 aliphatic carbocycles. The summed E-state index contributed by atoms with van der Waals surface area (Å²) < 4.78 is 10.3. The summed E-state index contributed by atoms with van der Waals surface area (Å²) in [5, 5.41) is 13.4. The first-order chi connectivity index (χ1) is 11.9. The first-order valence-electron chi connectivity index (χ1n) is 8.23. The van der Waals surface area contributed by atoms with E-state index in [2.05, 4.69) is 5.32 Å². The Balaban J connectivity index is 1.96. The number of non-ortho nitro benzene ring substituents is 1. The Bertz CT molecular complexity index is 655. The molecule has 1 amide bonds. The van der Waals surface area contributed by atoms with Crippen molar-refractivity contribution in [3.05, 3.63) is 28.3 Å². The number of esters is 1. The van der Waals surface area contributed by atoms with Crippen LogP contribution in [0, 0.1) is 16.0 Å². The summed E-state index contributed by atoms with van der Waals surface area (Å²) in [5.74, 6) is -0.359. The van der Waals surface area contributed by atoms with Gasteiger partial charge in [0.15, 0.2) is 6.10 Å². The van der Waals surface area contributed by atoms with Crippen LogP contribution in [-0.4, -0.2) is 30.0 Å². The van der Waals surface area contributed by atoms with Gasteiger partial charge in [0.05, 0.1) is 17.7 Å². The third kappa shape index (κ3) is 5.17. The van der Waals surface area contributed by atoms with Crippen molar-refractivity contribution in [2.45, 2.75) is 45.1 Å². The second-order valence-electron chi connectivity index (χ2n) is 6.12. The Hall–Kier alpha value is -2.64. The van der Waals surface area contributed by atoms with Crippen molar-refractivity contribution < 1.29 is 24.0 Å². The monoisotopic (exact) mass is 350 g/mol. The number of carbonyl (C=O) groups excluding carboxylic acids is 2. The lowest BCUT2D eigenvalue weighted by Crippen LogP contribution is -2.30. The Morgan fingerprint density at radius 3 is 2.64 bits per heavy atom. The molecule has 136 valence electrons. The summed E-state index contributed by atoms with van der Waals surface area (Å²) >= 11 is 0. The summed E-state index contributed by atoms with van der Waals surface area (Å²) in [6.45, 7) is 1.46. The van der Waals surface area contributed by atoms with Gasteiger partial charge in [-0.3, -0.25) is 19.7 Å². The Morgan fingerprint density at radius 2 is 2.04 bits per heavy atom. The highest BCUT2D eigenvalue weighted by molar-refractivity contribution is 5.96. The number of hydrogen-bond acceptors (Lipinski definition) is 6. The van der Waals surface area contributed by atoms with Gasteiger partial charge in [-0.05, 0) is 31.7 Å². The fourth-order valence-electron chi connectivity index (χ4n) is 2.89. The van der Waals surface area contributed by atoms with E-state index in [1.807, 2.05) is 0 Å². The standard InChI is InChI=1S/C17H22N2O6/c1-11(25-16(20)9-12-5-3-4-6-12)17(21)18-14-10-13(19(22)23)7-8-15(14)24-2/h7-8,10-12H,3-6,9H2,1-2H3,(H,18,21)/t11-/m0/s1. The fourth-order valence-corrected chi connectivity index (χ4v) is 2.89. The van der Waals surface area contributed by atoms with Crippen LogP contribution in [-0.2, 0) is 14.3 Å². The molecule has 0 bridgehead atoms. The molecule has 0 heterocycles. The zero-order valence-electron chi connectivity index (χ0n) is 14.3. The van der Waals surface area contributed by atoms with Gasteiger partial charge < -0.3 is 14.8 Å². The molecule has 0 saturated heterocycles. The van der Waals surface area contributed by atoms with Gasteiger partial charge in [-0.1, -0.05) is 12.8 Å². The summed E-state index contributed by atoms with van der Waals surface area (Å²) in [7, 11) is 1.39. The van der Waals surface area contributed by atoms with Crippen molar-refractivity contribution in [1.29, 1.82) is 0 Å². The van der Waals surface area contributed by atoms with Crippen LogP contribution in [0.4, 0.5) is 11.4 Å². The van der Waals surface area contributed by atoms with Crippen molar-refractivity contribution in [2.24, 2.45) is 5.92 Å². The SMILES string of the molecule is COc1ccc([N+](=O)[O-])cc1NC(=O)[C@H](C)OC(=O)CC1CCCC1. The summed E-state index contributed by atoms with van der Waals surface area (Å²) in [4.78, 5) is 34.4. The number of hydrogen-bond donors (Lipinski definition) is 1. The second-order valence-corrected chi connectivity index (χ2v) is 6.12. The fraction of sp³-hybridized carbons (Fsp3) is 0.529. The van der Waals surface area contributed by atoms with Crippen LogP contribution >= 0.6 is 0 Å². The zero-order chi connectivity index (χ0) is 18.4. The number of amides is 1. The van der Waals surface area contributed by atoms with E-state index in [0.717, 1.165) is 25.7 Å². The van der Waals surface area contributed by atoms with Gasteiger partial charge in [-0.25, -0.2) is 0 Å². The van der Waals surface area contributed by atoms with Crippen LogP contribution in [0.25, 0.3) is 0 Å². The molecule has 1 aromatic rings. The molecule has 0 spiro atoms. The van der Waals surface area contributed by atoms with Crippen LogP contribution in [0.15, 0.2) is 18.2 Å². The largest absolute Gasteiger partial charge is 0.495 e. The van der Waals surface area contributed by atoms with Gasteiger partial charge >= 0.3 is 5.97 Å². The van der Waals surface area contributed by atoms with Gasteiger partial charge in [-0.2, -0.15) is 0 Å². The predicted octanol–water partition coefficient (Wildman–Crippen LogP) is 3.05. The molecule has 0 radical (unpaired) electrons. The van der Waals surface area contributed by atoms with Crippen molar-refractivity contribution in [3.63, 3.8) is 0 Å². The molecule has 0 aromatic heterocycles. The number of anilines is 1. The minimum absolute atomic E-state index is 0.153. The lowest BCUT2D eigenvalue weighted by molar-refractivity contribution is -0.384. The summed E-state index contributed by atoms with van der Waals surface area (Å²) in [6, 6.07) is 3.87. The van der Waals surface area contributed by atoms with Crippen LogP contribution in [0.2, 0.25) is 0 Å². The molecule has 25 heavy (non-hydrogen) atoms. The Morgan fingerprint density at radius 1 is 1.36 bits per heavy atom. The number of ether oxygens (including phenoxy) is 2. The number of benzene rings is 1. The van der Waals surface area contributed by atoms with Gasteiger partial charge in [0, 0.05) is 18.6 Å². The van der Waals surface area contributed by atoms with E-state index in [-0.39, 0.29) is 17.1 Å². The van der Waals surface area contributed by atoms with E-state index in [9.17, 15) is 19.7 Å². The highest BCUT2D eigenvalue weighted by Crippen LogP contribution is 2.30. The number of carbonyl (C=O) groups is 2. The van der Waals surface area contributed by atoms with Crippen molar-refractivity contribution in [1.82, 2.24) is 0 Å². The molecule has 0 unspecified atom stereocenters. The van der Waals surface area contributed by atoms with E-state index in [0.29, 0.717) is 12.3 Å². The third-order valence-electron chi connectivity index (χ3n) is 4.26. The molecule has 1 N–H and O–H groups in total. The maximum atomic E-state index is 12.2. The highest BCUT2D eigenvalue weighted by Gasteiger charge is 2.24.